The summed E-state index contributed by atoms with van der Waals surface area (Å²) in [6, 6.07) is 30.2. The van der Waals surface area contributed by atoms with Gasteiger partial charge >= 0.3 is 0 Å². The van der Waals surface area contributed by atoms with Crippen LogP contribution in [0.5, 0.6) is 0 Å². The molecule has 3 aromatic carbocycles. The van der Waals surface area contributed by atoms with Crippen molar-refractivity contribution < 1.29 is 4.57 Å². The summed E-state index contributed by atoms with van der Waals surface area (Å²) in [6.45, 7) is 4.43. The molecule has 2 nitrogen and oxygen atoms in total. The van der Waals surface area contributed by atoms with Gasteiger partial charge in [-0.05, 0) is 43.2 Å². The Kier molecular flexibility index (Phi) is 7.47. The van der Waals surface area contributed by atoms with Crippen molar-refractivity contribution in [2.75, 3.05) is 0 Å². The van der Waals surface area contributed by atoms with Crippen LogP contribution in [-0.2, 0) is 10.1 Å². The summed E-state index contributed by atoms with van der Waals surface area (Å²) in [5, 5.41) is 5.39. The third kappa shape index (κ3) is 5.26. The second-order valence-electron chi connectivity index (χ2n) is 7.90. The first kappa shape index (κ1) is 21.6. The summed E-state index contributed by atoms with van der Waals surface area (Å²) in [5.74, 6) is 0. The molecule has 0 heterocycles. The van der Waals surface area contributed by atoms with E-state index in [1.165, 1.54) is 24.8 Å². The molecule has 0 saturated carbocycles. The van der Waals surface area contributed by atoms with Gasteiger partial charge in [-0.25, -0.2) is 0 Å². The standard InChI is InChI=1S/C26H32NOP/c1-3-4-5-15-22-26(2,23-16-9-6-10-17-23)27-29(28,24-18-11-7-12-19-24)25-20-13-8-14-21-25/h6-14,16-21H,3-5,15,22H2,1-2H3,(H,27,28). The molecular formula is C26H32NOP. The van der Waals surface area contributed by atoms with Crippen LogP contribution in [-0.4, -0.2) is 0 Å². The van der Waals surface area contributed by atoms with Crippen LogP contribution in [0.3, 0.4) is 0 Å². The maximum atomic E-state index is 14.6. The summed E-state index contributed by atoms with van der Waals surface area (Å²) in [5.41, 5.74) is 0.805. The van der Waals surface area contributed by atoms with E-state index in [4.69, 9.17) is 0 Å². The molecule has 3 rings (SSSR count). The molecule has 1 atom stereocenters. The van der Waals surface area contributed by atoms with Gasteiger partial charge in [-0.2, -0.15) is 0 Å². The van der Waals surface area contributed by atoms with Crippen molar-refractivity contribution in [3.63, 3.8) is 0 Å². The molecule has 0 aromatic heterocycles. The zero-order valence-electron chi connectivity index (χ0n) is 17.6. The molecule has 0 saturated heterocycles. The minimum atomic E-state index is -3.02. The number of nitrogens with one attached hydrogen (secondary N) is 1. The Labute approximate surface area is 175 Å². The topological polar surface area (TPSA) is 29.1 Å². The Bertz CT molecular complexity index is 868. The average Bonchev–Trinajstić information content (AvgIpc) is 2.78. The average molecular weight is 406 g/mol. The third-order valence-corrected chi connectivity index (χ3v) is 8.44. The number of rotatable bonds is 10. The molecule has 0 aliphatic heterocycles. The van der Waals surface area contributed by atoms with E-state index in [1.807, 2.05) is 66.7 Å². The molecule has 0 radical (unpaired) electrons. The normalized spacial score (nSPS) is 13.7. The van der Waals surface area contributed by atoms with Crippen molar-refractivity contribution >= 4 is 17.9 Å². The maximum absolute atomic E-state index is 14.6. The molecule has 0 aliphatic carbocycles. The van der Waals surface area contributed by atoms with E-state index >= 15 is 0 Å². The summed E-state index contributed by atoms with van der Waals surface area (Å²) in [4.78, 5) is 0. The van der Waals surface area contributed by atoms with Crippen LogP contribution in [0.2, 0.25) is 0 Å². The number of hydrogen-bond donors (Lipinski definition) is 1. The molecule has 152 valence electrons. The number of benzene rings is 3. The van der Waals surface area contributed by atoms with Gasteiger partial charge in [0.2, 0.25) is 7.29 Å². The fourth-order valence-corrected chi connectivity index (χ4v) is 6.55. The van der Waals surface area contributed by atoms with Crippen LogP contribution < -0.4 is 15.7 Å². The minimum absolute atomic E-state index is 0.379. The molecule has 0 fully saturated rings. The third-order valence-electron chi connectivity index (χ3n) is 5.59. The van der Waals surface area contributed by atoms with Crippen molar-refractivity contribution in [1.29, 1.82) is 0 Å². The Hall–Kier alpha value is -2.15. The van der Waals surface area contributed by atoms with E-state index in [0.29, 0.717) is 0 Å². The van der Waals surface area contributed by atoms with Crippen molar-refractivity contribution in [1.82, 2.24) is 5.09 Å². The molecule has 29 heavy (non-hydrogen) atoms. The van der Waals surface area contributed by atoms with Gasteiger partial charge in [0.1, 0.15) is 0 Å². The molecule has 0 spiro atoms. The number of hydrogen-bond acceptors (Lipinski definition) is 1. The van der Waals surface area contributed by atoms with Crippen LogP contribution >= 0.6 is 7.29 Å². The molecule has 1 N–H and O–H groups in total. The zero-order valence-corrected chi connectivity index (χ0v) is 18.4. The van der Waals surface area contributed by atoms with Crippen molar-refractivity contribution in [2.45, 2.75) is 51.5 Å². The van der Waals surface area contributed by atoms with Gasteiger partial charge in [-0.1, -0.05) is 99.3 Å². The van der Waals surface area contributed by atoms with Gasteiger partial charge in [0.05, 0.1) is 0 Å². The second kappa shape index (κ2) is 10.1. The Morgan fingerprint density at radius 3 is 1.69 bits per heavy atom. The summed E-state index contributed by atoms with van der Waals surface area (Å²) >= 11 is 0. The molecule has 3 aromatic rings. The highest BCUT2D eigenvalue weighted by Gasteiger charge is 2.37. The predicted octanol–water partition coefficient (Wildman–Crippen LogP) is 6.39. The Balaban J connectivity index is 2.03. The fourth-order valence-electron chi connectivity index (χ4n) is 3.88. The molecular weight excluding hydrogens is 373 g/mol. The van der Waals surface area contributed by atoms with Crippen LogP contribution in [0.1, 0.15) is 51.5 Å². The van der Waals surface area contributed by atoms with Gasteiger partial charge in [0.15, 0.2) is 0 Å². The summed E-state index contributed by atoms with van der Waals surface area (Å²) in [6.07, 6.45) is 5.69. The predicted molar refractivity (Wildman–Crippen MR) is 125 cm³/mol. The molecule has 0 bridgehead atoms. The molecule has 0 amide bonds. The van der Waals surface area contributed by atoms with E-state index in [2.05, 4.69) is 43.2 Å². The summed E-state index contributed by atoms with van der Waals surface area (Å²) in [7, 11) is -3.02. The summed E-state index contributed by atoms with van der Waals surface area (Å²) < 4.78 is 14.6. The van der Waals surface area contributed by atoms with Gasteiger partial charge < -0.3 is 0 Å². The van der Waals surface area contributed by atoms with E-state index in [1.54, 1.807) is 0 Å². The van der Waals surface area contributed by atoms with Gasteiger partial charge in [0.25, 0.3) is 0 Å². The highest BCUT2D eigenvalue weighted by molar-refractivity contribution is 7.77. The fraction of sp³-hybridized carbons (Fsp3) is 0.308. The van der Waals surface area contributed by atoms with Crippen LogP contribution in [0, 0.1) is 0 Å². The minimum Gasteiger partial charge on any atom is -0.296 e. The van der Waals surface area contributed by atoms with E-state index in [-0.39, 0.29) is 5.54 Å². The van der Waals surface area contributed by atoms with Gasteiger partial charge in [0, 0.05) is 16.1 Å². The van der Waals surface area contributed by atoms with E-state index in [9.17, 15) is 4.57 Å². The quantitative estimate of drug-likeness (QED) is 0.313. The van der Waals surface area contributed by atoms with E-state index < -0.39 is 7.29 Å². The smallest absolute Gasteiger partial charge is 0.205 e. The highest BCUT2D eigenvalue weighted by atomic mass is 31.2. The Morgan fingerprint density at radius 2 is 1.21 bits per heavy atom. The first-order valence-electron chi connectivity index (χ1n) is 10.6. The van der Waals surface area contributed by atoms with Crippen molar-refractivity contribution in [3.8, 4) is 0 Å². The van der Waals surface area contributed by atoms with E-state index in [0.717, 1.165) is 23.5 Å². The first-order valence-corrected chi connectivity index (χ1v) is 12.4. The van der Waals surface area contributed by atoms with Crippen LogP contribution in [0.25, 0.3) is 0 Å². The van der Waals surface area contributed by atoms with Crippen molar-refractivity contribution in [3.05, 3.63) is 96.6 Å². The zero-order chi connectivity index (χ0) is 20.6. The lowest BCUT2D eigenvalue weighted by molar-refractivity contribution is 0.383. The van der Waals surface area contributed by atoms with Crippen molar-refractivity contribution in [2.24, 2.45) is 0 Å². The largest absolute Gasteiger partial charge is 0.296 e. The molecule has 3 heteroatoms. The monoisotopic (exact) mass is 405 g/mol. The lowest BCUT2D eigenvalue weighted by atomic mass is 9.87. The Morgan fingerprint density at radius 1 is 0.724 bits per heavy atom. The number of unbranched alkanes of at least 4 members (excludes halogenated alkanes) is 3. The molecule has 0 aliphatic rings. The van der Waals surface area contributed by atoms with Gasteiger partial charge in [-0.3, -0.25) is 9.65 Å². The van der Waals surface area contributed by atoms with Crippen LogP contribution in [0.4, 0.5) is 0 Å². The van der Waals surface area contributed by atoms with Crippen LogP contribution in [0.15, 0.2) is 91.0 Å². The lowest BCUT2D eigenvalue weighted by Gasteiger charge is -2.36. The van der Waals surface area contributed by atoms with Gasteiger partial charge in [-0.15, -0.1) is 0 Å². The second-order valence-corrected chi connectivity index (χ2v) is 10.4. The highest BCUT2D eigenvalue weighted by Crippen LogP contribution is 2.45. The molecule has 1 unspecified atom stereocenters. The SMILES string of the molecule is CCCCCCC(C)(NP(=O)(c1ccccc1)c1ccccc1)c1ccccc1. The first-order chi connectivity index (χ1) is 14.1. The maximum Gasteiger partial charge on any atom is 0.205 e. The lowest BCUT2D eigenvalue weighted by Crippen LogP contribution is -2.42.